The molecule has 2 aromatic rings. The molecule has 0 aromatic heterocycles. The number of anilines is 2. The van der Waals surface area contributed by atoms with Crippen molar-refractivity contribution in [2.24, 2.45) is 10.3 Å². The van der Waals surface area contributed by atoms with Crippen molar-refractivity contribution in [2.75, 3.05) is 16.8 Å². The molecule has 2 aliphatic heterocycles. The lowest BCUT2D eigenvalue weighted by atomic mass is 10.0. The average molecular weight is 426 g/mol. The minimum atomic E-state index is -0.949. The van der Waals surface area contributed by atoms with Crippen LogP contribution in [0.4, 0.5) is 11.4 Å². The van der Waals surface area contributed by atoms with Gasteiger partial charge in [-0.15, -0.1) is 0 Å². The molecule has 8 nitrogen and oxygen atoms in total. The maximum atomic E-state index is 13.0. The lowest BCUT2D eigenvalue weighted by molar-refractivity contribution is -0.123. The molecular weight excluding hydrogens is 406 g/mol. The van der Waals surface area contributed by atoms with Crippen LogP contribution in [-0.4, -0.2) is 41.4 Å². The van der Waals surface area contributed by atoms with Gasteiger partial charge in [0.15, 0.2) is 12.1 Å². The summed E-state index contributed by atoms with van der Waals surface area (Å²) in [5.41, 5.74) is 2.05. The highest BCUT2D eigenvalue weighted by Gasteiger charge is 2.55. The highest BCUT2D eigenvalue weighted by atomic mass is 35.5. The zero-order chi connectivity index (χ0) is 21.4. The summed E-state index contributed by atoms with van der Waals surface area (Å²) >= 11 is 6.06. The highest BCUT2D eigenvalue weighted by Crippen LogP contribution is 2.32. The summed E-state index contributed by atoms with van der Waals surface area (Å²) in [5, 5.41) is 12.2. The van der Waals surface area contributed by atoms with Gasteiger partial charge >= 0.3 is 0 Å². The van der Waals surface area contributed by atoms with E-state index in [-0.39, 0.29) is 6.54 Å². The largest absolute Gasteiger partial charge is 0.323 e. The summed E-state index contributed by atoms with van der Waals surface area (Å²) in [5.74, 6) is -0.968. The average Bonchev–Trinajstić information content (AvgIpc) is 3.23. The third kappa shape index (κ3) is 3.54. The van der Waals surface area contributed by atoms with Gasteiger partial charge in [0, 0.05) is 0 Å². The molecule has 0 saturated carbocycles. The Morgan fingerprint density at radius 2 is 1.80 bits per heavy atom. The van der Waals surface area contributed by atoms with Gasteiger partial charge in [0.2, 0.25) is 5.91 Å². The van der Waals surface area contributed by atoms with Gasteiger partial charge in [-0.1, -0.05) is 54.9 Å². The van der Waals surface area contributed by atoms with E-state index < -0.39 is 29.8 Å². The Balaban J connectivity index is 1.49. The topological polar surface area (TPSA) is 94.4 Å². The molecule has 2 heterocycles. The fraction of sp³-hybridized carbons (Fsp3) is 0.286. The summed E-state index contributed by atoms with van der Waals surface area (Å²) in [6, 6.07) is 12.2. The fourth-order valence-corrected chi connectivity index (χ4v) is 3.70. The molecule has 9 heteroatoms. The number of imide groups is 1. The zero-order valence-corrected chi connectivity index (χ0v) is 17.2. The quantitative estimate of drug-likeness (QED) is 0.743. The van der Waals surface area contributed by atoms with Crippen LogP contribution in [-0.2, 0) is 14.4 Å². The molecular formula is C21H20ClN5O3. The van der Waals surface area contributed by atoms with Gasteiger partial charge in [-0.3, -0.25) is 19.4 Å². The fourth-order valence-electron chi connectivity index (χ4n) is 3.52. The molecule has 2 aromatic carbocycles. The number of hydrogen-bond donors (Lipinski definition) is 1. The van der Waals surface area contributed by atoms with E-state index in [1.807, 2.05) is 12.1 Å². The first-order valence-electron chi connectivity index (χ1n) is 9.56. The van der Waals surface area contributed by atoms with Crippen molar-refractivity contribution in [1.82, 2.24) is 5.01 Å². The summed E-state index contributed by atoms with van der Waals surface area (Å²) in [4.78, 5) is 39.4. The van der Waals surface area contributed by atoms with Crippen molar-refractivity contribution in [3.05, 3.63) is 59.1 Å². The van der Waals surface area contributed by atoms with Gasteiger partial charge in [0.05, 0.1) is 16.4 Å². The van der Waals surface area contributed by atoms with Gasteiger partial charge in [0.25, 0.3) is 11.8 Å². The molecule has 0 radical (unpaired) electrons. The van der Waals surface area contributed by atoms with Crippen LogP contribution in [0.15, 0.2) is 58.9 Å². The number of hydrogen-bond acceptors (Lipinski definition) is 6. The summed E-state index contributed by atoms with van der Waals surface area (Å²) in [6.45, 7) is 3.91. The van der Waals surface area contributed by atoms with E-state index in [2.05, 4.69) is 29.5 Å². The zero-order valence-electron chi connectivity index (χ0n) is 16.4. The smallest absolute Gasteiger partial charge is 0.263 e. The van der Waals surface area contributed by atoms with Crippen LogP contribution in [0.25, 0.3) is 0 Å². The molecule has 4 rings (SSSR count). The minimum Gasteiger partial charge on any atom is -0.323 e. The normalized spacial score (nSPS) is 20.3. The standard InChI is InChI=1S/C21H20ClN5O3/c1-12(2)13-7-9-14(10-8-13)27-20(29)18-19(21(27)30)26(25-24-18)11-17(28)23-16-6-4-3-5-15(16)22/h3-10,12,18-19H,11H2,1-2H3,(H,23,28)/t18-,19+/m1/s1. The number of carbonyl (C=O) groups excluding carboxylic acids is 3. The molecule has 2 atom stereocenters. The Morgan fingerprint density at radius 3 is 2.47 bits per heavy atom. The molecule has 1 fully saturated rings. The number of amides is 3. The third-order valence-electron chi connectivity index (χ3n) is 5.13. The first-order valence-corrected chi connectivity index (χ1v) is 9.94. The van der Waals surface area contributed by atoms with Crippen LogP contribution >= 0.6 is 11.6 Å². The third-order valence-corrected chi connectivity index (χ3v) is 5.46. The van der Waals surface area contributed by atoms with E-state index in [1.165, 1.54) is 5.01 Å². The van der Waals surface area contributed by atoms with Gasteiger partial charge in [-0.05, 0) is 35.7 Å². The van der Waals surface area contributed by atoms with E-state index in [0.717, 1.165) is 10.5 Å². The number of para-hydroxylation sites is 1. The molecule has 154 valence electrons. The van der Waals surface area contributed by atoms with E-state index >= 15 is 0 Å². The van der Waals surface area contributed by atoms with Crippen molar-refractivity contribution < 1.29 is 14.4 Å². The molecule has 1 N–H and O–H groups in total. The number of nitrogens with one attached hydrogen (secondary N) is 1. The Kier molecular flexibility index (Phi) is 5.26. The molecule has 1 saturated heterocycles. The Labute approximate surface area is 178 Å². The second kappa shape index (κ2) is 7.87. The summed E-state index contributed by atoms with van der Waals surface area (Å²) in [7, 11) is 0. The lowest BCUT2D eigenvalue weighted by Gasteiger charge is -2.20. The molecule has 0 bridgehead atoms. The maximum Gasteiger partial charge on any atom is 0.263 e. The van der Waals surface area contributed by atoms with Crippen molar-refractivity contribution in [2.45, 2.75) is 31.8 Å². The number of nitrogens with zero attached hydrogens (tertiary/aromatic N) is 4. The Hall–Kier alpha value is -3.26. The lowest BCUT2D eigenvalue weighted by Crippen LogP contribution is -2.43. The van der Waals surface area contributed by atoms with E-state index in [9.17, 15) is 14.4 Å². The summed E-state index contributed by atoms with van der Waals surface area (Å²) in [6.07, 6.45) is 0. The van der Waals surface area contributed by atoms with Crippen LogP contribution in [0.1, 0.15) is 25.3 Å². The predicted molar refractivity (Wildman–Crippen MR) is 112 cm³/mol. The Morgan fingerprint density at radius 1 is 1.10 bits per heavy atom. The predicted octanol–water partition coefficient (Wildman–Crippen LogP) is 3.40. The maximum absolute atomic E-state index is 13.0. The Bertz CT molecular complexity index is 1040. The first kappa shape index (κ1) is 20.0. The second-order valence-electron chi connectivity index (χ2n) is 7.48. The molecule has 30 heavy (non-hydrogen) atoms. The van der Waals surface area contributed by atoms with Crippen molar-refractivity contribution in [1.29, 1.82) is 0 Å². The van der Waals surface area contributed by atoms with Gasteiger partial charge in [-0.25, -0.2) is 4.90 Å². The SMILES string of the molecule is CC(C)c1ccc(N2C(=O)[C@@H]3[C@@H](N=NN3CC(=O)Nc3ccccc3Cl)C2=O)cc1. The van der Waals surface area contributed by atoms with Crippen LogP contribution in [0.2, 0.25) is 5.02 Å². The molecule has 3 amide bonds. The van der Waals surface area contributed by atoms with Gasteiger partial charge < -0.3 is 5.32 Å². The molecule has 0 aliphatic carbocycles. The van der Waals surface area contributed by atoms with Crippen molar-refractivity contribution >= 4 is 40.7 Å². The van der Waals surface area contributed by atoms with E-state index in [4.69, 9.17) is 11.6 Å². The minimum absolute atomic E-state index is 0.227. The monoisotopic (exact) mass is 425 g/mol. The van der Waals surface area contributed by atoms with E-state index in [1.54, 1.807) is 36.4 Å². The highest BCUT2D eigenvalue weighted by molar-refractivity contribution is 6.33. The van der Waals surface area contributed by atoms with Crippen molar-refractivity contribution in [3.8, 4) is 0 Å². The van der Waals surface area contributed by atoms with Crippen LogP contribution in [0, 0.1) is 0 Å². The first-order chi connectivity index (χ1) is 14.4. The van der Waals surface area contributed by atoms with E-state index in [0.29, 0.717) is 22.3 Å². The number of rotatable bonds is 5. The molecule has 2 aliphatic rings. The number of halogens is 1. The second-order valence-corrected chi connectivity index (χ2v) is 7.89. The van der Waals surface area contributed by atoms with Crippen LogP contribution in [0.3, 0.4) is 0 Å². The van der Waals surface area contributed by atoms with Gasteiger partial charge in [-0.2, -0.15) is 5.11 Å². The number of carbonyl (C=O) groups is 3. The number of fused-ring (bicyclic) bond motifs is 1. The summed E-state index contributed by atoms with van der Waals surface area (Å²) < 4.78 is 0. The van der Waals surface area contributed by atoms with Crippen LogP contribution in [0.5, 0.6) is 0 Å². The van der Waals surface area contributed by atoms with Crippen LogP contribution < -0.4 is 10.2 Å². The van der Waals surface area contributed by atoms with Crippen molar-refractivity contribution in [3.63, 3.8) is 0 Å². The van der Waals surface area contributed by atoms with Gasteiger partial charge in [0.1, 0.15) is 6.54 Å². The molecule has 0 unspecified atom stereocenters. The molecule has 0 spiro atoms. The number of benzene rings is 2.